The van der Waals surface area contributed by atoms with E-state index in [1.54, 1.807) is 6.92 Å². The molecule has 0 saturated heterocycles. The van der Waals surface area contributed by atoms with Gasteiger partial charge in [-0.3, -0.25) is 14.9 Å². The van der Waals surface area contributed by atoms with E-state index < -0.39 is 12.0 Å². The van der Waals surface area contributed by atoms with E-state index in [9.17, 15) is 14.4 Å². The van der Waals surface area contributed by atoms with Crippen LogP contribution in [-0.4, -0.2) is 44.1 Å². The number of carbonyl (C=O) groups excluding carboxylic acids is 3. The predicted molar refractivity (Wildman–Crippen MR) is 106 cm³/mol. The molecule has 7 nitrogen and oxygen atoms in total. The van der Waals surface area contributed by atoms with Gasteiger partial charge in [-0.25, -0.2) is 4.79 Å². The Morgan fingerprint density at radius 3 is 2.43 bits per heavy atom. The van der Waals surface area contributed by atoms with Crippen LogP contribution >= 0.6 is 0 Å². The number of alkyl carbamates (subject to hydrolysis) is 1. The number of amides is 3. The van der Waals surface area contributed by atoms with Crippen molar-refractivity contribution >= 4 is 17.9 Å². The molecule has 2 atom stereocenters. The SMILES string of the molecule is CCOC(=O)NC(=O)C[NH+](CC)CC(=O)N[C@@H](C)c1ccc2c(c1)CCCC2. The molecular formula is C21H32N3O4+. The Hall–Kier alpha value is -2.41. The Morgan fingerprint density at radius 1 is 1.07 bits per heavy atom. The number of benzene rings is 1. The molecule has 1 aliphatic rings. The number of rotatable bonds is 8. The summed E-state index contributed by atoms with van der Waals surface area (Å²) >= 11 is 0. The van der Waals surface area contributed by atoms with Gasteiger partial charge in [-0.05, 0) is 63.1 Å². The highest BCUT2D eigenvalue weighted by atomic mass is 16.5. The summed E-state index contributed by atoms with van der Waals surface area (Å²) in [5, 5.41) is 5.18. The molecule has 1 aliphatic carbocycles. The summed E-state index contributed by atoms with van der Waals surface area (Å²) in [5.41, 5.74) is 3.91. The van der Waals surface area contributed by atoms with Crippen LogP contribution in [0.5, 0.6) is 0 Å². The molecule has 0 fully saturated rings. The van der Waals surface area contributed by atoms with E-state index in [1.807, 2.05) is 13.8 Å². The van der Waals surface area contributed by atoms with Crippen molar-refractivity contribution in [3.05, 3.63) is 34.9 Å². The predicted octanol–water partition coefficient (Wildman–Crippen LogP) is 0.920. The molecule has 3 amide bonds. The van der Waals surface area contributed by atoms with E-state index in [0.29, 0.717) is 6.54 Å². The van der Waals surface area contributed by atoms with Crippen molar-refractivity contribution in [3.63, 3.8) is 0 Å². The van der Waals surface area contributed by atoms with Crippen LogP contribution in [0.3, 0.4) is 0 Å². The molecule has 2 rings (SSSR count). The second kappa shape index (κ2) is 10.8. The molecule has 0 aliphatic heterocycles. The minimum atomic E-state index is -0.756. The molecule has 0 heterocycles. The van der Waals surface area contributed by atoms with Crippen molar-refractivity contribution < 1.29 is 24.0 Å². The van der Waals surface area contributed by atoms with Gasteiger partial charge in [-0.1, -0.05) is 18.2 Å². The topological polar surface area (TPSA) is 88.9 Å². The zero-order chi connectivity index (χ0) is 20.5. The van der Waals surface area contributed by atoms with Crippen molar-refractivity contribution in [1.82, 2.24) is 10.6 Å². The minimum Gasteiger partial charge on any atom is -0.450 e. The first-order valence-corrected chi connectivity index (χ1v) is 10.1. The molecule has 154 valence electrons. The van der Waals surface area contributed by atoms with E-state index in [4.69, 9.17) is 4.74 Å². The van der Waals surface area contributed by atoms with Gasteiger partial charge in [0, 0.05) is 0 Å². The first-order chi connectivity index (χ1) is 13.4. The molecule has 0 spiro atoms. The van der Waals surface area contributed by atoms with E-state index in [1.165, 1.54) is 24.0 Å². The van der Waals surface area contributed by atoms with Crippen LogP contribution in [0.2, 0.25) is 0 Å². The van der Waals surface area contributed by atoms with Gasteiger partial charge >= 0.3 is 6.09 Å². The molecule has 0 aromatic heterocycles. The van der Waals surface area contributed by atoms with E-state index in [2.05, 4.69) is 28.8 Å². The highest BCUT2D eigenvalue weighted by Gasteiger charge is 2.20. The molecule has 0 bridgehead atoms. The molecule has 0 saturated carbocycles. The molecule has 0 radical (unpaired) electrons. The van der Waals surface area contributed by atoms with Gasteiger partial charge in [0.2, 0.25) is 0 Å². The third-order valence-corrected chi connectivity index (χ3v) is 5.09. The number of quaternary nitrogens is 1. The van der Waals surface area contributed by atoms with Gasteiger partial charge in [-0.15, -0.1) is 0 Å². The monoisotopic (exact) mass is 390 g/mol. The summed E-state index contributed by atoms with van der Waals surface area (Å²) in [6.45, 7) is 6.54. The first kappa shape index (κ1) is 21.9. The average Bonchev–Trinajstić information content (AvgIpc) is 2.66. The van der Waals surface area contributed by atoms with Crippen molar-refractivity contribution in [2.24, 2.45) is 0 Å². The van der Waals surface area contributed by atoms with Gasteiger partial charge in [0.15, 0.2) is 13.1 Å². The third kappa shape index (κ3) is 6.64. The lowest BCUT2D eigenvalue weighted by Gasteiger charge is -2.21. The second-order valence-corrected chi connectivity index (χ2v) is 7.25. The van der Waals surface area contributed by atoms with Gasteiger partial charge in [0.05, 0.1) is 19.2 Å². The molecule has 1 aromatic rings. The van der Waals surface area contributed by atoms with Crippen LogP contribution in [-0.2, 0) is 27.2 Å². The van der Waals surface area contributed by atoms with Gasteiger partial charge in [-0.2, -0.15) is 0 Å². The first-order valence-electron chi connectivity index (χ1n) is 10.1. The highest BCUT2D eigenvalue weighted by Crippen LogP contribution is 2.24. The van der Waals surface area contributed by atoms with Crippen LogP contribution in [0.15, 0.2) is 18.2 Å². The van der Waals surface area contributed by atoms with Crippen molar-refractivity contribution in [2.45, 2.75) is 52.5 Å². The summed E-state index contributed by atoms with van der Waals surface area (Å²) < 4.78 is 4.69. The molecular weight excluding hydrogens is 358 g/mol. The maximum atomic E-state index is 12.4. The molecule has 28 heavy (non-hydrogen) atoms. The summed E-state index contributed by atoms with van der Waals surface area (Å²) in [4.78, 5) is 36.4. The van der Waals surface area contributed by atoms with Gasteiger partial charge in [0.25, 0.3) is 11.8 Å². The Bertz CT molecular complexity index is 705. The Morgan fingerprint density at radius 2 is 1.75 bits per heavy atom. The van der Waals surface area contributed by atoms with Crippen LogP contribution < -0.4 is 15.5 Å². The van der Waals surface area contributed by atoms with Crippen molar-refractivity contribution in [3.8, 4) is 0 Å². The van der Waals surface area contributed by atoms with Crippen molar-refractivity contribution in [1.29, 1.82) is 0 Å². The fourth-order valence-electron chi connectivity index (χ4n) is 3.49. The Labute approximate surface area is 166 Å². The third-order valence-electron chi connectivity index (χ3n) is 5.09. The lowest BCUT2D eigenvalue weighted by atomic mass is 9.89. The maximum Gasteiger partial charge on any atom is 0.414 e. The number of nitrogens with one attached hydrogen (secondary N) is 3. The number of ether oxygens (including phenoxy) is 1. The lowest BCUT2D eigenvalue weighted by molar-refractivity contribution is -0.881. The lowest BCUT2D eigenvalue weighted by Crippen LogP contribution is -3.14. The van der Waals surface area contributed by atoms with Crippen LogP contribution in [0, 0.1) is 0 Å². The Kier molecular flexibility index (Phi) is 8.44. The maximum absolute atomic E-state index is 12.4. The van der Waals surface area contributed by atoms with Gasteiger partial charge < -0.3 is 15.0 Å². The summed E-state index contributed by atoms with van der Waals surface area (Å²) in [5.74, 6) is -0.572. The Balaban J connectivity index is 1.85. The largest absolute Gasteiger partial charge is 0.450 e. The van der Waals surface area contributed by atoms with Crippen LogP contribution in [0.4, 0.5) is 4.79 Å². The number of fused-ring (bicyclic) bond motifs is 1. The number of carbonyl (C=O) groups is 3. The smallest absolute Gasteiger partial charge is 0.414 e. The molecule has 7 heteroatoms. The number of hydrogen-bond acceptors (Lipinski definition) is 4. The summed E-state index contributed by atoms with van der Waals surface area (Å²) in [7, 11) is 0. The fourth-order valence-corrected chi connectivity index (χ4v) is 3.49. The quantitative estimate of drug-likeness (QED) is 0.616. The van der Waals surface area contributed by atoms with E-state index in [-0.39, 0.29) is 31.6 Å². The van der Waals surface area contributed by atoms with Crippen LogP contribution in [0.25, 0.3) is 0 Å². The minimum absolute atomic E-state index is 0.0377. The molecule has 1 unspecified atom stereocenters. The van der Waals surface area contributed by atoms with Crippen LogP contribution in [0.1, 0.15) is 56.3 Å². The summed E-state index contributed by atoms with van der Waals surface area (Å²) in [6, 6.07) is 6.38. The zero-order valence-electron chi connectivity index (χ0n) is 17.1. The van der Waals surface area contributed by atoms with E-state index >= 15 is 0 Å². The van der Waals surface area contributed by atoms with Crippen molar-refractivity contribution in [2.75, 3.05) is 26.2 Å². The molecule has 1 aromatic carbocycles. The number of likely N-dealkylation sites (N-methyl/N-ethyl adjacent to an activating group) is 1. The second-order valence-electron chi connectivity index (χ2n) is 7.25. The normalized spacial score (nSPS) is 15.1. The average molecular weight is 391 g/mol. The summed E-state index contributed by atoms with van der Waals surface area (Å²) in [6.07, 6.45) is 3.96. The van der Waals surface area contributed by atoms with Gasteiger partial charge in [0.1, 0.15) is 0 Å². The standard InChI is InChI=1S/C21H31N3O4/c1-4-24(14-20(26)23-21(27)28-5-2)13-19(25)22-15(3)17-11-10-16-8-6-7-9-18(16)12-17/h10-12,15H,4-9,13-14H2,1-3H3,(H,22,25)(H,23,26,27)/p+1/t15-/m0/s1. The molecule has 3 N–H and O–H groups in total. The number of hydrogen-bond donors (Lipinski definition) is 3. The highest BCUT2D eigenvalue weighted by molar-refractivity contribution is 5.92. The fraction of sp³-hybridized carbons (Fsp3) is 0.571. The zero-order valence-corrected chi connectivity index (χ0v) is 17.1. The number of aryl methyl sites for hydroxylation is 2. The van der Waals surface area contributed by atoms with E-state index in [0.717, 1.165) is 23.3 Å². The number of imide groups is 1.